The van der Waals surface area contributed by atoms with E-state index >= 15 is 0 Å². The Bertz CT molecular complexity index is 681. The number of anilines is 2. The highest BCUT2D eigenvalue weighted by Crippen LogP contribution is 2.26. The van der Waals surface area contributed by atoms with Crippen LogP contribution in [0.3, 0.4) is 0 Å². The molecule has 1 aliphatic heterocycles. The lowest BCUT2D eigenvalue weighted by molar-refractivity contribution is 0.0251. The Labute approximate surface area is 144 Å². The standard InChI is InChI=1S/C16H20N4O3S/c1-22-14(21)12-4-2-11(3-5-12)10-23-13-6-8-20(9-7-13)16-19-18-15(17)24-16/h2-5,13H,6-10H2,1H3,(H2,17,18). The van der Waals surface area contributed by atoms with Crippen molar-refractivity contribution in [1.29, 1.82) is 0 Å². The molecule has 1 saturated heterocycles. The highest BCUT2D eigenvalue weighted by Gasteiger charge is 2.22. The van der Waals surface area contributed by atoms with Crippen LogP contribution in [0.5, 0.6) is 0 Å². The maximum Gasteiger partial charge on any atom is 0.337 e. The molecule has 0 unspecified atom stereocenters. The van der Waals surface area contributed by atoms with E-state index in [4.69, 9.17) is 10.5 Å². The molecule has 0 bridgehead atoms. The summed E-state index contributed by atoms with van der Waals surface area (Å²) in [6.45, 7) is 2.32. The minimum Gasteiger partial charge on any atom is -0.465 e. The molecule has 1 fully saturated rings. The fraction of sp³-hybridized carbons (Fsp3) is 0.438. The number of nitrogen functional groups attached to an aromatic ring is 1. The van der Waals surface area contributed by atoms with E-state index in [9.17, 15) is 4.79 Å². The Morgan fingerprint density at radius 2 is 2.00 bits per heavy atom. The second-order valence-corrected chi connectivity index (χ2v) is 6.60. The largest absolute Gasteiger partial charge is 0.465 e. The molecule has 0 saturated carbocycles. The van der Waals surface area contributed by atoms with Gasteiger partial charge in [0.05, 0.1) is 25.4 Å². The maximum absolute atomic E-state index is 11.4. The number of esters is 1. The van der Waals surface area contributed by atoms with Crippen LogP contribution < -0.4 is 10.6 Å². The van der Waals surface area contributed by atoms with Gasteiger partial charge in [-0.05, 0) is 30.5 Å². The van der Waals surface area contributed by atoms with E-state index in [1.54, 1.807) is 12.1 Å². The summed E-state index contributed by atoms with van der Waals surface area (Å²) in [5.41, 5.74) is 7.22. The van der Waals surface area contributed by atoms with Crippen molar-refractivity contribution in [2.45, 2.75) is 25.6 Å². The molecule has 3 rings (SSSR count). The Kier molecular flexibility index (Phi) is 5.27. The molecule has 0 radical (unpaired) electrons. The minimum absolute atomic E-state index is 0.229. The SMILES string of the molecule is COC(=O)c1ccc(COC2CCN(c3nnc(N)s3)CC2)cc1. The Hall–Kier alpha value is -2.19. The summed E-state index contributed by atoms with van der Waals surface area (Å²) in [5, 5.41) is 9.31. The number of nitrogens with two attached hydrogens (primary N) is 1. The zero-order chi connectivity index (χ0) is 16.9. The predicted molar refractivity (Wildman–Crippen MR) is 92.1 cm³/mol. The van der Waals surface area contributed by atoms with Gasteiger partial charge in [-0.3, -0.25) is 0 Å². The Morgan fingerprint density at radius 1 is 1.29 bits per heavy atom. The van der Waals surface area contributed by atoms with Crippen molar-refractivity contribution in [3.05, 3.63) is 35.4 Å². The first-order valence-electron chi connectivity index (χ1n) is 7.78. The molecule has 2 aromatic rings. The quantitative estimate of drug-likeness (QED) is 0.827. The van der Waals surface area contributed by atoms with Gasteiger partial charge in [-0.1, -0.05) is 23.5 Å². The number of hydrogen-bond acceptors (Lipinski definition) is 8. The molecule has 0 aliphatic carbocycles. The Morgan fingerprint density at radius 3 is 2.58 bits per heavy atom. The predicted octanol–water partition coefficient (Wildman–Crippen LogP) is 2.09. The van der Waals surface area contributed by atoms with Crippen molar-refractivity contribution < 1.29 is 14.3 Å². The molecule has 1 aromatic heterocycles. The second-order valence-electron chi connectivity index (χ2n) is 5.61. The fourth-order valence-corrected chi connectivity index (χ4v) is 3.30. The molecule has 1 aliphatic rings. The van der Waals surface area contributed by atoms with E-state index < -0.39 is 0 Å². The third kappa shape index (κ3) is 4.01. The molecule has 2 heterocycles. The number of benzene rings is 1. The van der Waals surface area contributed by atoms with Crippen LogP contribution in [0.25, 0.3) is 0 Å². The van der Waals surface area contributed by atoms with Crippen LogP contribution in [0, 0.1) is 0 Å². The number of aromatic nitrogens is 2. The van der Waals surface area contributed by atoms with E-state index in [0.717, 1.165) is 36.6 Å². The molecule has 0 spiro atoms. The van der Waals surface area contributed by atoms with Crippen molar-refractivity contribution in [2.24, 2.45) is 0 Å². The lowest BCUT2D eigenvalue weighted by Gasteiger charge is -2.31. The molecule has 2 N–H and O–H groups in total. The Balaban J connectivity index is 1.45. The topological polar surface area (TPSA) is 90.6 Å². The zero-order valence-electron chi connectivity index (χ0n) is 13.5. The van der Waals surface area contributed by atoms with Gasteiger partial charge in [0.2, 0.25) is 10.3 Å². The van der Waals surface area contributed by atoms with E-state index in [1.807, 2.05) is 12.1 Å². The smallest absolute Gasteiger partial charge is 0.337 e. The van der Waals surface area contributed by atoms with Gasteiger partial charge in [0, 0.05) is 13.1 Å². The van der Waals surface area contributed by atoms with Crippen LogP contribution in [0.2, 0.25) is 0 Å². The first kappa shape index (κ1) is 16.7. The minimum atomic E-state index is -0.327. The van der Waals surface area contributed by atoms with E-state index in [0.29, 0.717) is 17.3 Å². The normalized spacial score (nSPS) is 15.5. The lowest BCUT2D eigenvalue weighted by atomic mass is 10.1. The molecule has 1 aromatic carbocycles. The van der Waals surface area contributed by atoms with Crippen molar-refractivity contribution in [2.75, 3.05) is 30.8 Å². The zero-order valence-corrected chi connectivity index (χ0v) is 14.3. The molecule has 0 amide bonds. The number of carbonyl (C=O) groups is 1. The maximum atomic E-state index is 11.4. The van der Waals surface area contributed by atoms with Crippen molar-refractivity contribution in [1.82, 2.24) is 10.2 Å². The van der Waals surface area contributed by atoms with Gasteiger partial charge in [0.25, 0.3) is 0 Å². The number of nitrogens with zero attached hydrogens (tertiary/aromatic N) is 3. The summed E-state index contributed by atoms with van der Waals surface area (Å²) in [4.78, 5) is 13.6. The van der Waals surface area contributed by atoms with Gasteiger partial charge in [-0.2, -0.15) is 0 Å². The van der Waals surface area contributed by atoms with Gasteiger partial charge in [0.1, 0.15) is 0 Å². The number of piperidine rings is 1. The van der Waals surface area contributed by atoms with Crippen molar-refractivity contribution in [3.63, 3.8) is 0 Å². The molecule has 8 heteroatoms. The molecular weight excluding hydrogens is 328 g/mol. The highest BCUT2D eigenvalue weighted by molar-refractivity contribution is 7.18. The summed E-state index contributed by atoms with van der Waals surface area (Å²) in [7, 11) is 1.38. The van der Waals surface area contributed by atoms with Crippen LogP contribution in [0.4, 0.5) is 10.3 Å². The van der Waals surface area contributed by atoms with E-state index in [1.165, 1.54) is 18.4 Å². The molecular formula is C16H20N4O3S. The number of rotatable bonds is 5. The van der Waals surface area contributed by atoms with Crippen molar-refractivity contribution in [3.8, 4) is 0 Å². The number of carbonyl (C=O) groups excluding carboxylic acids is 1. The highest BCUT2D eigenvalue weighted by atomic mass is 32.1. The van der Waals surface area contributed by atoms with Crippen LogP contribution in [0.1, 0.15) is 28.8 Å². The van der Waals surface area contributed by atoms with E-state index in [-0.39, 0.29) is 12.1 Å². The van der Waals surface area contributed by atoms with Crippen LogP contribution >= 0.6 is 11.3 Å². The summed E-state index contributed by atoms with van der Waals surface area (Å²) in [5.74, 6) is -0.327. The average Bonchev–Trinajstić information content (AvgIpc) is 3.06. The molecule has 7 nitrogen and oxygen atoms in total. The first-order valence-corrected chi connectivity index (χ1v) is 8.60. The first-order chi connectivity index (χ1) is 11.7. The lowest BCUT2D eigenvalue weighted by Crippen LogP contribution is -2.36. The monoisotopic (exact) mass is 348 g/mol. The van der Waals surface area contributed by atoms with Crippen LogP contribution in [-0.4, -0.2) is 42.5 Å². The van der Waals surface area contributed by atoms with Crippen LogP contribution in [0.15, 0.2) is 24.3 Å². The van der Waals surface area contributed by atoms with Gasteiger partial charge < -0.3 is 20.1 Å². The van der Waals surface area contributed by atoms with Crippen molar-refractivity contribution >= 4 is 27.6 Å². The third-order valence-electron chi connectivity index (χ3n) is 4.00. The summed E-state index contributed by atoms with van der Waals surface area (Å²) in [6, 6.07) is 7.30. The van der Waals surface area contributed by atoms with Gasteiger partial charge >= 0.3 is 5.97 Å². The number of methoxy groups -OCH3 is 1. The second kappa shape index (κ2) is 7.59. The van der Waals surface area contributed by atoms with Gasteiger partial charge in [-0.15, -0.1) is 10.2 Å². The van der Waals surface area contributed by atoms with Crippen LogP contribution in [-0.2, 0) is 16.1 Å². The molecule has 0 atom stereocenters. The number of ether oxygens (including phenoxy) is 2. The van der Waals surface area contributed by atoms with Gasteiger partial charge in [0.15, 0.2) is 0 Å². The third-order valence-corrected chi connectivity index (χ3v) is 4.82. The molecule has 128 valence electrons. The summed E-state index contributed by atoms with van der Waals surface area (Å²) in [6.07, 6.45) is 2.12. The fourth-order valence-electron chi connectivity index (χ4n) is 2.64. The van der Waals surface area contributed by atoms with Gasteiger partial charge in [-0.25, -0.2) is 4.79 Å². The summed E-state index contributed by atoms with van der Waals surface area (Å²) >= 11 is 1.41. The summed E-state index contributed by atoms with van der Waals surface area (Å²) < 4.78 is 10.7. The average molecular weight is 348 g/mol. The van der Waals surface area contributed by atoms with E-state index in [2.05, 4.69) is 19.8 Å². The molecule has 24 heavy (non-hydrogen) atoms. The number of hydrogen-bond donors (Lipinski definition) is 1.